The zero-order chi connectivity index (χ0) is 29.3. The van der Waals surface area contributed by atoms with Crippen LogP contribution in [0.3, 0.4) is 0 Å². The summed E-state index contributed by atoms with van der Waals surface area (Å²) >= 11 is 6.42. The van der Waals surface area contributed by atoms with E-state index in [4.69, 9.17) is 41.8 Å². The van der Waals surface area contributed by atoms with E-state index in [1.165, 1.54) is 28.1 Å². The number of hydrogen-bond acceptors (Lipinski definition) is 15. The number of imidazole rings is 2. The number of nitrogens with zero attached hydrogens (tertiary/aromatic N) is 7. The van der Waals surface area contributed by atoms with E-state index in [0.717, 1.165) is 11.8 Å². The molecule has 0 amide bonds. The Morgan fingerprint density at radius 1 is 1.17 bits per heavy atom. The Kier molecular flexibility index (Phi) is 6.95. The number of halogens is 1. The summed E-state index contributed by atoms with van der Waals surface area (Å²) < 4.78 is 42.4. The largest absolute Gasteiger partial charge is 0.387 e. The first-order valence-corrected chi connectivity index (χ1v) is 16.2. The van der Waals surface area contributed by atoms with E-state index < -0.39 is 59.7 Å². The third-order valence-electron chi connectivity index (χ3n) is 7.42. The molecule has 3 fully saturated rings. The van der Waals surface area contributed by atoms with Crippen LogP contribution in [0.15, 0.2) is 23.8 Å². The van der Waals surface area contributed by atoms with Crippen LogP contribution >= 0.6 is 18.5 Å². The highest BCUT2D eigenvalue weighted by molar-refractivity contribution is 8.07. The Hall–Kier alpha value is -2.81. The van der Waals surface area contributed by atoms with Crippen molar-refractivity contribution < 1.29 is 32.9 Å². The van der Waals surface area contributed by atoms with Gasteiger partial charge in [0.25, 0.3) is 5.56 Å². The third-order valence-corrected chi connectivity index (χ3v) is 10.4. The van der Waals surface area contributed by atoms with Gasteiger partial charge in [0, 0.05) is 12.5 Å². The molecule has 2 bridgehead atoms. The molecular weight excluding hydrogens is 618 g/mol. The second kappa shape index (κ2) is 10.4. The predicted molar refractivity (Wildman–Crippen MR) is 149 cm³/mol. The summed E-state index contributed by atoms with van der Waals surface area (Å²) in [6.45, 7) is -4.29. The van der Waals surface area contributed by atoms with E-state index in [1.54, 1.807) is 0 Å². The number of alkyl halides is 1. The van der Waals surface area contributed by atoms with Crippen molar-refractivity contribution in [2.75, 3.05) is 24.7 Å². The van der Waals surface area contributed by atoms with Gasteiger partial charge in [-0.3, -0.25) is 23.4 Å². The molecule has 3 aliphatic heterocycles. The number of ether oxygens (including phenoxy) is 2. The van der Waals surface area contributed by atoms with Crippen molar-refractivity contribution in [2.45, 2.75) is 47.9 Å². The molecule has 7 N–H and O–H groups in total. The summed E-state index contributed by atoms with van der Waals surface area (Å²) in [6, 6.07) is 0. The standard InChI is InChI=1S/C21H24FN10O7PS2/c22-9-7-1-2-36-20-12(33)13(19(42-20)32-6-28-11-16(32)29-21(24)30-17(11)34)39-40(35,41)37-3-8(7)38-18(9)31-5-27-10-14(23)25-4-26-15(10)31/h4-9,12-13,18-20,33H,1-3H2,(H,35,41)(H2,23,25,26)(H3,24,29,30,34)/t7-,8-,9+,12+,13-,18-,19-,20?,40?/m1/s1. The van der Waals surface area contributed by atoms with Gasteiger partial charge in [0.15, 0.2) is 35.0 Å². The Labute approximate surface area is 244 Å². The number of thioether (sulfide) groups is 1. The second-order valence-electron chi connectivity index (χ2n) is 9.91. The van der Waals surface area contributed by atoms with Gasteiger partial charge in [0.05, 0.1) is 25.4 Å². The number of aromatic nitrogens is 8. The molecule has 42 heavy (non-hydrogen) atoms. The SMILES string of the molecule is Nc1nc2c(ncn2[C@@H]2SC3OCC[C@H]4[C@H](F)[C@H](n5cnc6c(N)ncnc65)O[C@@H]4COP(O)(=S)O[C@@H]2[C@@H]3O)c(=O)[nH]1. The fourth-order valence-electron chi connectivity index (χ4n) is 5.45. The van der Waals surface area contributed by atoms with Crippen molar-refractivity contribution in [1.82, 2.24) is 39.0 Å². The van der Waals surface area contributed by atoms with E-state index in [1.807, 2.05) is 0 Å². The van der Waals surface area contributed by atoms with Gasteiger partial charge in [0.2, 0.25) is 5.95 Å². The average Bonchev–Trinajstić information content (AvgIpc) is 3.69. The van der Waals surface area contributed by atoms with Crippen molar-refractivity contribution in [3.05, 3.63) is 29.3 Å². The van der Waals surface area contributed by atoms with Crippen LogP contribution in [0.1, 0.15) is 18.0 Å². The van der Waals surface area contributed by atoms with E-state index in [9.17, 15) is 14.8 Å². The molecule has 3 saturated heterocycles. The van der Waals surface area contributed by atoms with Crippen molar-refractivity contribution >= 4 is 64.4 Å². The number of nitrogens with one attached hydrogen (secondary N) is 1. The van der Waals surface area contributed by atoms with Gasteiger partial charge in [-0.2, -0.15) is 4.98 Å². The maximum atomic E-state index is 16.0. The lowest BCUT2D eigenvalue weighted by Gasteiger charge is -2.28. The molecule has 2 unspecified atom stereocenters. The maximum Gasteiger partial charge on any atom is 0.325 e. The number of aliphatic hydroxyl groups is 1. The molecular formula is C21H24FN10O7PS2. The lowest BCUT2D eigenvalue weighted by Crippen LogP contribution is -2.36. The third kappa shape index (κ3) is 4.66. The van der Waals surface area contributed by atoms with Gasteiger partial charge >= 0.3 is 6.72 Å². The highest BCUT2D eigenvalue weighted by Gasteiger charge is 2.51. The molecule has 4 aromatic heterocycles. The van der Waals surface area contributed by atoms with Gasteiger partial charge in [-0.25, -0.2) is 24.3 Å². The molecule has 0 aromatic carbocycles. The molecule has 21 heteroatoms. The lowest BCUT2D eigenvalue weighted by atomic mass is 9.96. The summed E-state index contributed by atoms with van der Waals surface area (Å²) in [4.78, 5) is 46.3. The molecule has 7 heterocycles. The van der Waals surface area contributed by atoms with Gasteiger partial charge in [0.1, 0.15) is 34.9 Å². The van der Waals surface area contributed by atoms with Crippen LogP contribution in [0.2, 0.25) is 0 Å². The zero-order valence-corrected chi connectivity index (χ0v) is 23.9. The first-order chi connectivity index (χ1) is 20.1. The van der Waals surface area contributed by atoms with Crippen LogP contribution in [-0.4, -0.2) is 92.2 Å². The number of rotatable bonds is 2. The monoisotopic (exact) mass is 642 g/mol. The van der Waals surface area contributed by atoms with Crippen molar-refractivity contribution in [3.8, 4) is 0 Å². The summed E-state index contributed by atoms with van der Waals surface area (Å²) in [5, 5.41) is 10.4. The molecule has 0 spiro atoms. The summed E-state index contributed by atoms with van der Waals surface area (Å²) in [6.07, 6.45) is -1.80. The molecule has 0 radical (unpaired) electrons. The number of aromatic amines is 1. The van der Waals surface area contributed by atoms with Crippen LogP contribution < -0.4 is 17.0 Å². The fraction of sp³-hybridized carbons (Fsp3) is 0.524. The number of anilines is 2. The van der Waals surface area contributed by atoms with Gasteiger partial charge in [-0.1, -0.05) is 11.8 Å². The van der Waals surface area contributed by atoms with Crippen LogP contribution in [-0.2, 0) is 30.3 Å². The molecule has 0 aliphatic carbocycles. The number of H-pyrrole nitrogens is 1. The summed E-state index contributed by atoms with van der Waals surface area (Å²) in [5.74, 6) is -0.727. The number of aliphatic hydroxyl groups excluding tert-OH is 1. The van der Waals surface area contributed by atoms with Crippen molar-refractivity contribution in [2.24, 2.45) is 5.92 Å². The summed E-state index contributed by atoms with van der Waals surface area (Å²) in [5.41, 5.74) is 11.0. The molecule has 17 nitrogen and oxygen atoms in total. The Morgan fingerprint density at radius 2 is 1.95 bits per heavy atom. The minimum atomic E-state index is -4.04. The van der Waals surface area contributed by atoms with E-state index in [-0.39, 0.29) is 42.6 Å². The predicted octanol–water partition coefficient (Wildman–Crippen LogP) is -0.0531. The number of nitrogens with two attached hydrogens (primary N) is 2. The van der Waals surface area contributed by atoms with Crippen LogP contribution in [0.4, 0.5) is 16.2 Å². The van der Waals surface area contributed by atoms with Crippen LogP contribution in [0.5, 0.6) is 0 Å². The Balaban J connectivity index is 1.17. The van der Waals surface area contributed by atoms with Crippen molar-refractivity contribution in [3.63, 3.8) is 0 Å². The number of fused-ring (bicyclic) bond motifs is 5. The maximum absolute atomic E-state index is 16.0. The molecule has 7 rings (SSSR count). The zero-order valence-electron chi connectivity index (χ0n) is 21.3. The van der Waals surface area contributed by atoms with Crippen molar-refractivity contribution in [1.29, 1.82) is 0 Å². The first kappa shape index (κ1) is 28.0. The highest BCUT2D eigenvalue weighted by atomic mass is 32.5. The van der Waals surface area contributed by atoms with Gasteiger partial charge in [-0.05, 0) is 18.2 Å². The Morgan fingerprint density at radius 3 is 2.79 bits per heavy atom. The topological polar surface area (TPSA) is 237 Å². The van der Waals surface area contributed by atoms with Gasteiger partial charge < -0.3 is 35.5 Å². The fourth-order valence-corrected chi connectivity index (χ4v) is 8.38. The Bertz CT molecular complexity index is 1770. The number of hydrogen-bond donors (Lipinski definition) is 5. The van der Waals surface area contributed by atoms with E-state index in [2.05, 4.69) is 29.9 Å². The van der Waals surface area contributed by atoms with E-state index >= 15 is 4.39 Å². The minimum absolute atomic E-state index is 0.0216. The molecule has 0 saturated carbocycles. The smallest absolute Gasteiger partial charge is 0.325 e. The van der Waals surface area contributed by atoms with Crippen LogP contribution in [0, 0.1) is 5.92 Å². The molecule has 224 valence electrons. The molecule has 9 atom stereocenters. The van der Waals surface area contributed by atoms with Crippen LogP contribution in [0.25, 0.3) is 22.3 Å². The highest BCUT2D eigenvalue weighted by Crippen LogP contribution is 2.55. The average molecular weight is 643 g/mol. The second-order valence-corrected chi connectivity index (χ2v) is 13.9. The minimum Gasteiger partial charge on any atom is -0.387 e. The van der Waals surface area contributed by atoms with E-state index in [0.29, 0.717) is 11.2 Å². The normalized spacial score (nSPS) is 35.7. The first-order valence-electron chi connectivity index (χ1n) is 12.7. The van der Waals surface area contributed by atoms with Gasteiger partial charge in [-0.15, -0.1) is 0 Å². The molecule has 3 aliphatic rings. The summed E-state index contributed by atoms with van der Waals surface area (Å²) in [7, 11) is 0. The quantitative estimate of drug-likeness (QED) is 0.180. The number of nitrogen functional groups attached to an aromatic ring is 2. The lowest BCUT2D eigenvalue weighted by molar-refractivity contribution is -0.0613. The molecule has 4 aromatic rings.